The van der Waals surface area contributed by atoms with E-state index < -0.39 is 28.3 Å². The fraction of sp³-hybridized carbons (Fsp3) is 0.229. The van der Waals surface area contributed by atoms with Crippen molar-refractivity contribution in [2.75, 3.05) is 12.9 Å². The van der Waals surface area contributed by atoms with Gasteiger partial charge in [0.1, 0.15) is 11.8 Å². The molecule has 1 aliphatic heterocycles. The fourth-order valence-electron chi connectivity index (χ4n) is 6.96. The Labute approximate surface area is 350 Å². The molecule has 9 nitrogen and oxygen atoms in total. The number of aliphatic hydroxyl groups is 1. The number of hydrogen-bond acceptors (Lipinski definition) is 8. The summed E-state index contributed by atoms with van der Waals surface area (Å²) in [4.78, 5) is 14.8. The van der Waals surface area contributed by atoms with Crippen LogP contribution in [-0.4, -0.2) is 44.4 Å². The van der Waals surface area contributed by atoms with Crippen LogP contribution in [0.3, 0.4) is 0 Å². The first kappa shape index (κ1) is 41.9. The molecular weight excluding hydrogens is 781 g/mol. The van der Waals surface area contributed by atoms with Crippen molar-refractivity contribution in [3.05, 3.63) is 185 Å². The molecule has 0 radical (unpaired) electrons. The molecule has 7 rings (SSSR count). The zero-order chi connectivity index (χ0) is 41.2. The van der Waals surface area contributed by atoms with Gasteiger partial charge in [-0.15, -0.1) is 11.8 Å². The van der Waals surface area contributed by atoms with Gasteiger partial charge in [0.2, 0.25) is 15.9 Å². The van der Waals surface area contributed by atoms with E-state index in [-0.39, 0.29) is 36.7 Å². The SMILES string of the molecule is COc1ccccc1SCC1CC(c2ccc(CO)cc2)OC(c2ccc(-c3cccc(CNC(=O)C(Cc4ccccc4)NS(=O)(=O)c4ccc(C)cc4)c3)cc2)O1. The quantitative estimate of drug-likeness (QED) is 0.0829. The lowest BCUT2D eigenvalue weighted by atomic mass is 9.99. The number of benzene rings is 6. The van der Waals surface area contributed by atoms with Crippen LogP contribution < -0.4 is 14.8 Å². The van der Waals surface area contributed by atoms with Gasteiger partial charge in [-0.25, -0.2) is 8.42 Å². The molecule has 0 aliphatic carbocycles. The minimum absolute atomic E-state index is 0.0201. The lowest BCUT2D eigenvalue weighted by Crippen LogP contribution is -2.47. The van der Waals surface area contributed by atoms with E-state index in [1.807, 2.05) is 134 Å². The van der Waals surface area contributed by atoms with Gasteiger partial charge >= 0.3 is 0 Å². The first-order valence-electron chi connectivity index (χ1n) is 19.5. The van der Waals surface area contributed by atoms with E-state index >= 15 is 0 Å². The van der Waals surface area contributed by atoms with Crippen molar-refractivity contribution in [1.29, 1.82) is 0 Å². The van der Waals surface area contributed by atoms with Crippen molar-refractivity contribution in [3.63, 3.8) is 0 Å². The van der Waals surface area contributed by atoms with Gasteiger partial charge in [-0.05, 0) is 77.1 Å². The number of ether oxygens (including phenoxy) is 3. The maximum absolute atomic E-state index is 13.7. The number of carbonyl (C=O) groups excluding carboxylic acids is 1. The predicted octanol–water partition coefficient (Wildman–Crippen LogP) is 8.71. The first-order valence-corrected chi connectivity index (χ1v) is 22.0. The van der Waals surface area contributed by atoms with Crippen LogP contribution in [0.25, 0.3) is 11.1 Å². The topological polar surface area (TPSA) is 123 Å². The summed E-state index contributed by atoms with van der Waals surface area (Å²) in [6, 6.07) is 46.7. The summed E-state index contributed by atoms with van der Waals surface area (Å²) in [6.07, 6.45) is -0.0530. The van der Waals surface area contributed by atoms with Gasteiger partial charge in [-0.2, -0.15) is 4.72 Å². The van der Waals surface area contributed by atoms with Crippen LogP contribution in [0.5, 0.6) is 5.75 Å². The van der Waals surface area contributed by atoms with Gasteiger partial charge in [-0.1, -0.05) is 127 Å². The molecule has 1 heterocycles. The van der Waals surface area contributed by atoms with Gasteiger partial charge in [0.15, 0.2) is 6.29 Å². The summed E-state index contributed by atoms with van der Waals surface area (Å²) in [6.45, 7) is 2.08. The average Bonchev–Trinajstić information content (AvgIpc) is 3.28. The predicted molar refractivity (Wildman–Crippen MR) is 231 cm³/mol. The second-order valence-corrected chi connectivity index (χ2v) is 17.3. The third-order valence-corrected chi connectivity index (χ3v) is 12.9. The van der Waals surface area contributed by atoms with Crippen LogP contribution in [0.2, 0.25) is 0 Å². The van der Waals surface area contributed by atoms with Gasteiger partial charge in [-0.3, -0.25) is 4.79 Å². The number of carbonyl (C=O) groups is 1. The lowest BCUT2D eigenvalue weighted by molar-refractivity contribution is -0.245. The van der Waals surface area contributed by atoms with Crippen LogP contribution in [0.4, 0.5) is 0 Å². The molecular formula is C48H48N2O7S2. The molecule has 6 aromatic rings. The lowest BCUT2D eigenvalue weighted by Gasteiger charge is -2.36. The van der Waals surface area contributed by atoms with Gasteiger partial charge in [0.05, 0.1) is 30.8 Å². The van der Waals surface area contributed by atoms with Crippen molar-refractivity contribution < 1.29 is 32.5 Å². The number of aryl methyl sites for hydroxylation is 1. The summed E-state index contributed by atoms with van der Waals surface area (Å²) < 4.78 is 48.1. The summed E-state index contributed by atoms with van der Waals surface area (Å²) in [7, 11) is -2.29. The minimum atomic E-state index is -3.96. The van der Waals surface area contributed by atoms with Crippen molar-refractivity contribution in [2.45, 2.75) is 67.2 Å². The Balaban J connectivity index is 1.04. The molecule has 1 amide bonds. The molecule has 1 aliphatic rings. The Kier molecular flexibility index (Phi) is 13.9. The second-order valence-electron chi connectivity index (χ2n) is 14.5. The molecule has 0 saturated carbocycles. The third-order valence-electron chi connectivity index (χ3n) is 10.2. The summed E-state index contributed by atoms with van der Waals surface area (Å²) in [5.74, 6) is 1.11. The van der Waals surface area contributed by atoms with Gasteiger partial charge < -0.3 is 24.6 Å². The highest BCUT2D eigenvalue weighted by molar-refractivity contribution is 7.99. The average molecular weight is 829 g/mol. The molecule has 4 atom stereocenters. The number of amides is 1. The van der Waals surface area contributed by atoms with Crippen LogP contribution in [-0.2, 0) is 43.9 Å². The molecule has 0 bridgehead atoms. The number of hydrogen-bond donors (Lipinski definition) is 3. The number of nitrogens with one attached hydrogen (secondary N) is 2. The smallest absolute Gasteiger partial charge is 0.241 e. The Morgan fingerprint density at radius 1 is 0.780 bits per heavy atom. The Morgan fingerprint density at radius 2 is 1.47 bits per heavy atom. The summed E-state index contributed by atoms with van der Waals surface area (Å²) in [5.41, 5.74) is 7.33. The van der Waals surface area contributed by atoms with Crippen molar-refractivity contribution in [3.8, 4) is 16.9 Å². The van der Waals surface area contributed by atoms with Crippen molar-refractivity contribution in [2.24, 2.45) is 0 Å². The molecule has 4 unspecified atom stereocenters. The maximum Gasteiger partial charge on any atom is 0.241 e. The fourth-order valence-corrected chi connectivity index (χ4v) is 9.20. The molecule has 0 spiro atoms. The molecule has 0 aromatic heterocycles. The maximum atomic E-state index is 13.7. The number of para-hydroxylation sites is 1. The van der Waals surface area contributed by atoms with Crippen LogP contribution in [0.1, 0.15) is 52.2 Å². The van der Waals surface area contributed by atoms with E-state index in [4.69, 9.17) is 14.2 Å². The molecule has 11 heteroatoms. The molecule has 1 saturated heterocycles. The Bertz CT molecular complexity index is 2410. The number of sulfonamides is 1. The van der Waals surface area contributed by atoms with E-state index in [2.05, 4.69) is 10.0 Å². The normalized spacial score (nSPS) is 17.2. The summed E-state index contributed by atoms with van der Waals surface area (Å²) >= 11 is 1.69. The highest BCUT2D eigenvalue weighted by Gasteiger charge is 2.32. The number of aliphatic hydroxyl groups excluding tert-OH is 1. The Hall–Kier alpha value is -5.27. The zero-order valence-electron chi connectivity index (χ0n) is 33.0. The van der Waals surface area contributed by atoms with Crippen LogP contribution in [0.15, 0.2) is 161 Å². The zero-order valence-corrected chi connectivity index (χ0v) is 34.6. The number of rotatable bonds is 16. The molecule has 3 N–H and O–H groups in total. The summed E-state index contributed by atoms with van der Waals surface area (Å²) in [5, 5.41) is 12.6. The van der Waals surface area contributed by atoms with Crippen LogP contribution in [0, 0.1) is 6.92 Å². The van der Waals surface area contributed by atoms with Gasteiger partial charge in [0, 0.05) is 29.2 Å². The van der Waals surface area contributed by atoms with E-state index in [0.29, 0.717) is 12.2 Å². The van der Waals surface area contributed by atoms with Crippen molar-refractivity contribution in [1.82, 2.24) is 10.0 Å². The number of thioether (sulfide) groups is 1. The second kappa shape index (κ2) is 19.7. The van der Waals surface area contributed by atoms with Crippen LogP contribution >= 0.6 is 11.8 Å². The van der Waals surface area contributed by atoms with E-state index in [1.54, 1.807) is 43.1 Å². The number of methoxy groups -OCH3 is 1. The first-order chi connectivity index (χ1) is 28.7. The van der Waals surface area contributed by atoms with Gasteiger partial charge in [0.25, 0.3) is 0 Å². The third kappa shape index (κ3) is 11.1. The standard InChI is InChI=1S/C48H48N2O7S2/c1-33-15-25-42(26-16-33)59(53,54)50-43(28-34-9-4-3-5-10-34)47(52)49-30-36-11-8-12-40(27-36)37-21-23-39(24-22-37)48-56-41(32-58-46-14-7-6-13-44(46)55-2)29-45(57-48)38-19-17-35(31-51)18-20-38/h3-27,41,43,45,48,50-51H,28-32H2,1-2H3,(H,49,52). The van der Waals surface area contributed by atoms with E-state index in [1.165, 1.54) is 0 Å². The monoisotopic (exact) mass is 828 g/mol. The Morgan fingerprint density at radius 3 is 2.20 bits per heavy atom. The molecule has 1 fully saturated rings. The molecule has 59 heavy (non-hydrogen) atoms. The van der Waals surface area contributed by atoms with Crippen molar-refractivity contribution >= 4 is 27.7 Å². The highest BCUT2D eigenvalue weighted by atomic mass is 32.2. The molecule has 6 aromatic carbocycles. The van der Waals surface area contributed by atoms with E-state index in [0.717, 1.165) is 55.2 Å². The minimum Gasteiger partial charge on any atom is -0.496 e. The molecule has 304 valence electrons. The van der Waals surface area contributed by atoms with E-state index in [9.17, 15) is 18.3 Å². The largest absolute Gasteiger partial charge is 0.496 e. The highest BCUT2D eigenvalue weighted by Crippen LogP contribution is 2.41.